The second-order valence-corrected chi connectivity index (χ2v) is 9.45. The van der Waals surface area contributed by atoms with Crippen LogP contribution in [0.15, 0.2) is 52.9 Å². The van der Waals surface area contributed by atoms with Crippen LogP contribution in [0.3, 0.4) is 0 Å². The van der Waals surface area contributed by atoms with Gasteiger partial charge in [0.1, 0.15) is 23.0 Å². The number of aryl methyl sites for hydroxylation is 2. The number of Topliss-reactive ketones (excluding diaryl/α,β-unsaturated/α-hetero) is 1. The van der Waals surface area contributed by atoms with Gasteiger partial charge in [-0.05, 0) is 55.3 Å². The van der Waals surface area contributed by atoms with Crippen molar-refractivity contribution in [2.24, 2.45) is 0 Å². The van der Waals surface area contributed by atoms with Crippen molar-refractivity contribution in [1.29, 1.82) is 0 Å². The van der Waals surface area contributed by atoms with E-state index in [4.69, 9.17) is 20.8 Å². The first-order valence-corrected chi connectivity index (χ1v) is 11.5. The van der Waals surface area contributed by atoms with Crippen LogP contribution in [0.4, 0.5) is 0 Å². The van der Waals surface area contributed by atoms with Gasteiger partial charge in [-0.15, -0.1) is 0 Å². The molecule has 158 valence electrons. The van der Waals surface area contributed by atoms with E-state index < -0.39 is 15.6 Å². The summed E-state index contributed by atoms with van der Waals surface area (Å²) in [7, 11) is -2.09. The molecule has 0 unspecified atom stereocenters. The Morgan fingerprint density at radius 1 is 1.10 bits per heavy atom. The smallest absolute Gasteiger partial charge is 0.226 e. The zero-order valence-electron chi connectivity index (χ0n) is 16.7. The zero-order chi connectivity index (χ0) is 21.7. The predicted molar refractivity (Wildman–Crippen MR) is 115 cm³/mol. The molecule has 0 saturated carbocycles. The van der Waals surface area contributed by atoms with E-state index in [0.717, 1.165) is 5.56 Å². The number of halogens is 1. The molecule has 0 atom stereocenters. The van der Waals surface area contributed by atoms with Crippen molar-refractivity contribution in [3.63, 3.8) is 0 Å². The Balaban J connectivity index is 1.62. The van der Waals surface area contributed by atoms with Gasteiger partial charge in [-0.1, -0.05) is 23.7 Å². The summed E-state index contributed by atoms with van der Waals surface area (Å²) in [5, 5.41) is 0.615. The molecule has 8 heteroatoms. The Morgan fingerprint density at radius 3 is 2.40 bits per heavy atom. The SMILES string of the molecule is COc1ccc(-c2nc(CS(=O)(=O)CC(=O)CCc3ccc(Cl)cc3)c(C)o2)cc1. The number of hydrogen-bond donors (Lipinski definition) is 0. The van der Waals surface area contributed by atoms with E-state index in [9.17, 15) is 13.2 Å². The number of methoxy groups -OCH3 is 1. The van der Waals surface area contributed by atoms with Crippen LogP contribution >= 0.6 is 11.6 Å². The summed E-state index contributed by atoms with van der Waals surface area (Å²) >= 11 is 5.84. The van der Waals surface area contributed by atoms with Gasteiger partial charge in [-0.2, -0.15) is 0 Å². The molecule has 1 heterocycles. The first-order chi connectivity index (χ1) is 14.3. The van der Waals surface area contributed by atoms with Crippen LogP contribution in [0.1, 0.15) is 23.4 Å². The lowest BCUT2D eigenvalue weighted by Crippen LogP contribution is -2.18. The lowest BCUT2D eigenvalue weighted by molar-refractivity contribution is -0.116. The standard InChI is InChI=1S/C22H22ClNO5S/c1-15-21(24-22(29-15)17-6-11-20(28-2)12-7-17)14-30(26,27)13-19(25)10-5-16-3-8-18(23)9-4-16/h3-4,6-9,11-12H,5,10,13-14H2,1-2H3. The molecule has 0 aliphatic heterocycles. The van der Waals surface area contributed by atoms with E-state index in [-0.39, 0.29) is 18.0 Å². The Hall–Kier alpha value is -2.64. The van der Waals surface area contributed by atoms with E-state index in [2.05, 4.69) is 4.98 Å². The van der Waals surface area contributed by atoms with Crippen molar-refractivity contribution in [3.8, 4) is 17.2 Å². The number of carbonyl (C=O) groups is 1. The Labute approximate surface area is 180 Å². The van der Waals surface area contributed by atoms with E-state index in [1.165, 1.54) is 0 Å². The summed E-state index contributed by atoms with van der Waals surface area (Å²) in [5.74, 6) is 0.242. The largest absolute Gasteiger partial charge is 0.497 e. The van der Waals surface area contributed by atoms with Crippen molar-refractivity contribution < 1.29 is 22.4 Å². The van der Waals surface area contributed by atoms with Gasteiger partial charge in [-0.3, -0.25) is 4.79 Å². The molecule has 0 radical (unpaired) electrons. The van der Waals surface area contributed by atoms with Crippen LogP contribution < -0.4 is 4.74 Å². The molecule has 0 aliphatic carbocycles. The molecule has 0 fully saturated rings. The molecule has 0 bridgehead atoms. The lowest BCUT2D eigenvalue weighted by atomic mass is 10.1. The van der Waals surface area contributed by atoms with E-state index in [1.54, 1.807) is 50.4 Å². The minimum Gasteiger partial charge on any atom is -0.497 e. The third-order valence-corrected chi connectivity index (χ3v) is 6.30. The van der Waals surface area contributed by atoms with Gasteiger partial charge >= 0.3 is 0 Å². The number of benzene rings is 2. The predicted octanol–water partition coefficient (Wildman–Crippen LogP) is 4.43. The Kier molecular flexibility index (Phi) is 6.95. The first kappa shape index (κ1) is 22.1. The van der Waals surface area contributed by atoms with Crippen LogP contribution in [0.2, 0.25) is 5.02 Å². The van der Waals surface area contributed by atoms with Gasteiger partial charge in [0, 0.05) is 17.0 Å². The number of oxazole rings is 1. The number of ether oxygens (including phenoxy) is 1. The molecule has 3 aromatic rings. The van der Waals surface area contributed by atoms with Crippen LogP contribution in [0.5, 0.6) is 5.75 Å². The maximum atomic E-state index is 12.5. The fraction of sp³-hybridized carbons (Fsp3) is 0.273. The molecule has 30 heavy (non-hydrogen) atoms. The molecular weight excluding hydrogens is 426 g/mol. The van der Waals surface area contributed by atoms with E-state index >= 15 is 0 Å². The maximum absolute atomic E-state index is 12.5. The second kappa shape index (κ2) is 9.45. The minimum absolute atomic E-state index is 0.149. The van der Waals surface area contributed by atoms with Gasteiger partial charge < -0.3 is 9.15 Å². The minimum atomic E-state index is -3.66. The van der Waals surface area contributed by atoms with Crippen LogP contribution in [-0.4, -0.2) is 32.0 Å². The Morgan fingerprint density at radius 2 is 1.77 bits per heavy atom. The first-order valence-electron chi connectivity index (χ1n) is 9.33. The number of nitrogens with zero attached hydrogens (tertiary/aromatic N) is 1. The van der Waals surface area contributed by atoms with Gasteiger partial charge in [0.25, 0.3) is 0 Å². The topological polar surface area (TPSA) is 86.5 Å². The van der Waals surface area contributed by atoms with Crippen molar-refractivity contribution >= 4 is 27.2 Å². The summed E-state index contributed by atoms with van der Waals surface area (Å²) in [6.07, 6.45) is 0.617. The third kappa shape index (κ3) is 5.93. The number of aromatic nitrogens is 1. The molecule has 0 amide bonds. The number of ketones is 1. The molecule has 0 spiro atoms. The molecule has 1 aromatic heterocycles. The van der Waals surface area contributed by atoms with Gasteiger partial charge in [0.05, 0.1) is 18.6 Å². The Bertz CT molecular complexity index is 1120. The van der Waals surface area contributed by atoms with Crippen molar-refractivity contribution in [2.45, 2.75) is 25.5 Å². The quantitative estimate of drug-likeness (QED) is 0.482. The molecule has 0 saturated heterocycles. The molecule has 3 rings (SSSR count). The van der Waals surface area contributed by atoms with Crippen molar-refractivity contribution in [3.05, 3.63) is 70.6 Å². The van der Waals surface area contributed by atoms with Crippen LogP contribution in [0.25, 0.3) is 11.5 Å². The average Bonchev–Trinajstić information content (AvgIpc) is 3.07. The molecule has 2 aromatic carbocycles. The maximum Gasteiger partial charge on any atom is 0.226 e. The summed E-state index contributed by atoms with van der Waals surface area (Å²) in [6.45, 7) is 1.66. The number of carbonyl (C=O) groups excluding carboxylic acids is 1. The molecule has 0 N–H and O–H groups in total. The number of rotatable bonds is 9. The van der Waals surface area contributed by atoms with Crippen LogP contribution in [-0.2, 0) is 26.8 Å². The van der Waals surface area contributed by atoms with Crippen molar-refractivity contribution in [2.75, 3.05) is 12.9 Å². The molecular formula is C22H22ClNO5S. The fourth-order valence-electron chi connectivity index (χ4n) is 2.93. The molecule has 6 nitrogen and oxygen atoms in total. The summed E-state index contributed by atoms with van der Waals surface area (Å²) in [4.78, 5) is 16.5. The highest BCUT2D eigenvalue weighted by atomic mass is 35.5. The average molecular weight is 448 g/mol. The highest BCUT2D eigenvalue weighted by molar-refractivity contribution is 7.91. The summed E-state index contributed by atoms with van der Waals surface area (Å²) in [5.41, 5.74) is 1.95. The van der Waals surface area contributed by atoms with Crippen molar-refractivity contribution in [1.82, 2.24) is 4.98 Å². The van der Waals surface area contributed by atoms with Gasteiger partial charge in [0.15, 0.2) is 9.84 Å². The monoisotopic (exact) mass is 447 g/mol. The zero-order valence-corrected chi connectivity index (χ0v) is 18.3. The molecule has 0 aliphatic rings. The van der Waals surface area contributed by atoms with Crippen LogP contribution in [0, 0.1) is 6.92 Å². The van der Waals surface area contributed by atoms with Gasteiger partial charge in [-0.25, -0.2) is 13.4 Å². The van der Waals surface area contributed by atoms with E-state index in [1.807, 2.05) is 12.1 Å². The lowest BCUT2D eigenvalue weighted by Gasteiger charge is -2.04. The summed E-state index contributed by atoms with van der Waals surface area (Å²) in [6, 6.07) is 14.2. The fourth-order valence-corrected chi connectivity index (χ4v) is 4.48. The van der Waals surface area contributed by atoms with Gasteiger partial charge in [0.2, 0.25) is 5.89 Å². The summed E-state index contributed by atoms with van der Waals surface area (Å²) < 4.78 is 35.8. The highest BCUT2D eigenvalue weighted by Gasteiger charge is 2.22. The number of hydrogen-bond acceptors (Lipinski definition) is 6. The number of sulfone groups is 1. The van der Waals surface area contributed by atoms with E-state index in [0.29, 0.717) is 40.1 Å². The third-order valence-electron chi connectivity index (χ3n) is 4.57. The second-order valence-electron chi connectivity index (χ2n) is 6.95. The highest BCUT2D eigenvalue weighted by Crippen LogP contribution is 2.25. The normalized spacial score (nSPS) is 11.4.